The first-order valence-corrected chi connectivity index (χ1v) is 5.63. The molecule has 0 aliphatic heterocycles. The van der Waals surface area contributed by atoms with E-state index in [4.69, 9.17) is 9.47 Å². The molecule has 4 nitrogen and oxygen atoms in total. The second-order valence-electron chi connectivity index (χ2n) is 4.67. The molecule has 0 atom stereocenters. The predicted octanol–water partition coefficient (Wildman–Crippen LogP) is 2.97. The van der Waals surface area contributed by atoms with Gasteiger partial charge in [-0.25, -0.2) is 4.79 Å². The van der Waals surface area contributed by atoms with Gasteiger partial charge in [0.05, 0.1) is 6.61 Å². The third-order valence-electron chi connectivity index (χ3n) is 1.80. The van der Waals surface area contributed by atoms with Crippen molar-refractivity contribution in [1.82, 2.24) is 5.32 Å². The van der Waals surface area contributed by atoms with E-state index >= 15 is 0 Å². The maximum atomic E-state index is 11.5. The van der Waals surface area contributed by atoms with Crippen LogP contribution in [0, 0.1) is 0 Å². The van der Waals surface area contributed by atoms with Crippen molar-refractivity contribution >= 4 is 6.09 Å². The lowest BCUT2D eigenvalue weighted by molar-refractivity contribution is 0.190. The quantitative estimate of drug-likeness (QED) is 0.879. The van der Waals surface area contributed by atoms with E-state index in [-0.39, 0.29) is 5.54 Å². The van der Waals surface area contributed by atoms with Crippen LogP contribution in [0.5, 0.6) is 11.5 Å². The molecule has 94 valence electrons. The second kappa shape index (κ2) is 5.57. The number of rotatable bonds is 3. The fourth-order valence-corrected chi connectivity index (χ4v) is 1.23. The van der Waals surface area contributed by atoms with Crippen LogP contribution in [0.25, 0.3) is 0 Å². The molecule has 4 heteroatoms. The minimum Gasteiger partial charge on any atom is -0.494 e. The van der Waals surface area contributed by atoms with Crippen LogP contribution < -0.4 is 14.8 Å². The lowest BCUT2D eigenvalue weighted by Gasteiger charge is -2.19. The molecule has 17 heavy (non-hydrogen) atoms. The molecule has 0 heterocycles. The van der Waals surface area contributed by atoms with Crippen molar-refractivity contribution in [2.24, 2.45) is 0 Å². The number of carbonyl (C=O) groups excluding carboxylic acids is 1. The summed E-state index contributed by atoms with van der Waals surface area (Å²) in [6, 6.07) is 7.00. The Hall–Kier alpha value is -1.71. The zero-order valence-corrected chi connectivity index (χ0v) is 10.7. The number of nitrogens with one attached hydrogen (secondary N) is 1. The molecule has 0 saturated heterocycles. The van der Waals surface area contributed by atoms with E-state index in [2.05, 4.69) is 5.32 Å². The first-order chi connectivity index (χ1) is 7.90. The second-order valence-corrected chi connectivity index (χ2v) is 4.67. The van der Waals surface area contributed by atoms with Crippen molar-refractivity contribution in [3.63, 3.8) is 0 Å². The highest BCUT2D eigenvalue weighted by molar-refractivity contribution is 5.71. The minimum absolute atomic E-state index is 0.311. The third kappa shape index (κ3) is 5.24. The summed E-state index contributed by atoms with van der Waals surface area (Å²) in [4.78, 5) is 11.5. The van der Waals surface area contributed by atoms with Gasteiger partial charge in [0.25, 0.3) is 0 Å². The summed E-state index contributed by atoms with van der Waals surface area (Å²) >= 11 is 0. The summed E-state index contributed by atoms with van der Waals surface area (Å²) in [5.74, 6) is 1.16. The minimum atomic E-state index is -0.467. The Morgan fingerprint density at radius 3 is 2.53 bits per heavy atom. The van der Waals surface area contributed by atoms with Crippen LogP contribution in [-0.4, -0.2) is 18.2 Å². The van der Waals surface area contributed by atoms with Crippen LogP contribution in [0.2, 0.25) is 0 Å². The molecule has 0 aliphatic rings. The number of ether oxygens (including phenoxy) is 2. The first kappa shape index (κ1) is 13.4. The molecule has 1 rings (SSSR count). The SMILES string of the molecule is CCOc1cccc(OC(=O)NC(C)(C)C)c1. The lowest BCUT2D eigenvalue weighted by atomic mass is 10.1. The molecular weight excluding hydrogens is 218 g/mol. The van der Waals surface area contributed by atoms with Gasteiger partial charge in [-0.1, -0.05) is 6.07 Å². The molecule has 0 spiro atoms. The molecule has 0 radical (unpaired) electrons. The monoisotopic (exact) mass is 237 g/mol. The smallest absolute Gasteiger partial charge is 0.413 e. The van der Waals surface area contributed by atoms with Crippen LogP contribution in [0.3, 0.4) is 0 Å². The molecule has 0 saturated carbocycles. The molecule has 0 unspecified atom stereocenters. The Morgan fingerprint density at radius 1 is 1.29 bits per heavy atom. The van der Waals surface area contributed by atoms with Gasteiger partial charge in [-0.15, -0.1) is 0 Å². The van der Waals surface area contributed by atoms with E-state index in [1.807, 2.05) is 33.8 Å². The number of hydrogen-bond donors (Lipinski definition) is 1. The molecule has 0 aliphatic carbocycles. The average molecular weight is 237 g/mol. The van der Waals surface area contributed by atoms with Gasteiger partial charge in [0.15, 0.2) is 0 Å². The topological polar surface area (TPSA) is 47.6 Å². The fraction of sp³-hybridized carbons (Fsp3) is 0.462. The molecular formula is C13H19NO3. The Kier molecular flexibility index (Phi) is 4.37. The van der Waals surface area contributed by atoms with Crippen molar-refractivity contribution in [2.45, 2.75) is 33.2 Å². The molecule has 0 fully saturated rings. The Morgan fingerprint density at radius 2 is 1.94 bits per heavy atom. The summed E-state index contributed by atoms with van der Waals surface area (Å²) in [7, 11) is 0. The van der Waals surface area contributed by atoms with Gasteiger partial charge in [0, 0.05) is 11.6 Å². The molecule has 1 aromatic carbocycles. The van der Waals surface area contributed by atoms with Crippen molar-refractivity contribution in [2.75, 3.05) is 6.61 Å². The Balaban J connectivity index is 2.62. The van der Waals surface area contributed by atoms with Gasteiger partial charge in [-0.2, -0.15) is 0 Å². The van der Waals surface area contributed by atoms with Crippen LogP contribution in [-0.2, 0) is 0 Å². The van der Waals surface area contributed by atoms with E-state index in [0.29, 0.717) is 18.1 Å². The first-order valence-electron chi connectivity index (χ1n) is 5.63. The normalized spacial score (nSPS) is 10.8. The summed E-state index contributed by atoms with van der Waals surface area (Å²) in [6.45, 7) is 8.16. The highest BCUT2D eigenvalue weighted by Crippen LogP contribution is 2.19. The Labute approximate surface area is 102 Å². The molecule has 1 aromatic rings. The van der Waals surface area contributed by atoms with Crippen LogP contribution >= 0.6 is 0 Å². The largest absolute Gasteiger partial charge is 0.494 e. The van der Waals surface area contributed by atoms with Crippen LogP contribution in [0.15, 0.2) is 24.3 Å². The summed E-state index contributed by atoms with van der Waals surface area (Å²) in [5, 5.41) is 2.72. The maximum absolute atomic E-state index is 11.5. The van der Waals surface area contributed by atoms with E-state index in [1.54, 1.807) is 18.2 Å². The number of hydrogen-bond acceptors (Lipinski definition) is 3. The van der Waals surface area contributed by atoms with Gasteiger partial charge in [0.1, 0.15) is 11.5 Å². The lowest BCUT2D eigenvalue weighted by Crippen LogP contribution is -2.42. The van der Waals surface area contributed by atoms with E-state index in [9.17, 15) is 4.79 Å². The maximum Gasteiger partial charge on any atom is 0.413 e. The van der Waals surface area contributed by atoms with Crippen LogP contribution in [0.4, 0.5) is 4.79 Å². The van der Waals surface area contributed by atoms with Gasteiger partial charge in [-0.3, -0.25) is 0 Å². The fourth-order valence-electron chi connectivity index (χ4n) is 1.23. The van der Waals surface area contributed by atoms with Crippen molar-refractivity contribution in [3.05, 3.63) is 24.3 Å². The number of carbonyl (C=O) groups is 1. The highest BCUT2D eigenvalue weighted by atomic mass is 16.6. The van der Waals surface area contributed by atoms with Gasteiger partial charge in [-0.05, 0) is 39.8 Å². The van der Waals surface area contributed by atoms with Crippen molar-refractivity contribution < 1.29 is 14.3 Å². The van der Waals surface area contributed by atoms with Crippen LogP contribution in [0.1, 0.15) is 27.7 Å². The summed E-state index contributed by atoms with van der Waals surface area (Å²) in [5.41, 5.74) is -0.311. The van der Waals surface area contributed by atoms with Gasteiger partial charge >= 0.3 is 6.09 Å². The van der Waals surface area contributed by atoms with E-state index in [0.717, 1.165) is 0 Å². The predicted molar refractivity (Wildman–Crippen MR) is 66.5 cm³/mol. The number of amides is 1. The summed E-state index contributed by atoms with van der Waals surface area (Å²) < 4.78 is 10.5. The third-order valence-corrected chi connectivity index (χ3v) is 1.80. The van der Waals surface area contributed by atoms with E-state index < -0.39 is 6.09 Å². The average Bonchev–Trinajstić information content (AvgIpc) is 2.15. The number of benzene rings is 1. The molecule has 0 aromatic heterocycles. The molecule has 0 bridgehead atoms. The van der Waals surface area contributed by atoms with Crippen molar-refractivity contribution in [3.8, 4) is 11.5 Å². The Bertz CT molecular complexity index is 382. The van der Waals surface area contributed by atoms with Crippen molar-refractivity contribution in [1.29, 1.82) is 0 Å². The highest BCUT2D eigenvalue weighted by Gasteiger charge is 2.15. The van der Waals surface area contributed by atoms with Gasteiger partial charge in [0.2, 0.25) is 0 Å². The summed E-state index contributed by atoms with van der Waals surface area (Å²) in [6.07, 6.45) is -0.467. The van der Waals surface area contributed by atoms with Gasteiger partial charge < -0.3 is 14.8 Å². The molecule has 1 N–H and O–H groups in total. The zero-order valence-electron chi connectivity index (χ0n) is 10.7. The standard InChI is InChI=1S/C13H19NO3/c1-5-16-10-7-6-8-11(9-10)17-12(15)14-13(2,3)4/h6-9H,5H2,1-4H3,(H,14,15). The zero-order chi connectivity index (χ0) is 12.9. The molecule has 1 amide bonds. The van der Waals surface area contributed by atoms with E-state index in [1.165, 1.54) is 0 Å².